The molecule has 2 aromatic heterocycles. The second-order valence-electron chi connectivity index (χ2n) is 7.24. The SMILES string of the molecule is COCCOc1cc2ncc3c(N)nc(N4CCC[C@H]4COC)nc3c2cc1OC. The third kappa shape index (κ3) is 3.78. The van der Waals surface area contributed by atoms with Crippen molar-refractivity contribution in [2.24, 2.45) is 0 Å². The van der Waals surface area contributed by atoms with Crippen LogP contribution in [-0.2, 0) is 9.47 Å². The van der Waals surface area contributed by atoms with Crippen LogP contribution in [-0.4, -0.2) is 68.7 Å². The third-order valence-electron chi connectivity index (χ3n) is 5.37. The maximum Gasteiger partial charge on any atom is 0.228 e. The topological polar surface area (TPSA) is 105 Å². The van der Waals surface area contributed by atoms with E-state index in [1.54, 1.807) is 27.5 Å². The molecule has 3 heterocycles. The first-order valence-electron chi connectivity index (χ1n) is 9.97. The first-order valence-corrected chi connectivity index (χ1v) is 9.97. The Labute approximate surface area is 175 Å². The van der Waals surface area contributed by atoms with Crippen LogP contribution >= 0.6 is 0 Å². The normalized spacial score (nSPS) is 16.5. The first-order chi connectivity index (χ1) is 14.7. The largest absolute Gasteiger partial charge is 0.493 e. The maximum atomic E-state index is 6.30. The average molecular weight is 413 g/mol. The highest BCUT2D eigenvalue weighted by atomic mass is 16.5. The minimum absolute atomic E-state index is 0.246. The summed E-state index contributed by atoms with van der Waals surface area (Å²) >= 11 is 0. The number of benzene rings is 1. The number of nitrogens with zero attached hydrogens (tertiary/aromatic N) is 4. The lowest BCUT2D eigenvalue weighted by atomic mass is 10.1. The third-order valence-corrected chi connectivity index (χ3v) is 5.37. The summed E-state index contributed by atoms with van der Waals surface area (Å²) in [7, 11) is 4.95. The number of hydrogen-bond donors (Lipinski definition) is 1. The Morgan fingerprint density at radius 3 is 2.70 bits per heavy atom. The number of ether oxygens (including phenoxy) is 4. The molecule has 3 aromatic rings. The summed E-state index contributed by atoms with van der Waals surface area (Å²) in [5, 5.41) is 1.55. The van der Waals surface area contributed by atoms with E-state index in [2.05, 4.69) is 14.9 Å². The molecule has 0 aliphatic carbocycles. The number of fused-ring (bicyclic) bond motifs is 3. The molecule has 30 heavy (non-hydrogen) atoms. The monoisotopic (exact) mass is 413 g/mol. The van der Waals surface area contributed by atoms with Crippen molar-refractivity contribution >= 4 is 33.6 Å². The highest BCUT2D eigenvalue weighted by Crippen LogP contribution is 2.36. The number of nitrogen functional groups attached to an aromatic ring is 1. The van der Waals surface area contributed by atoms with E-state index in [4.69, 9.17) is 29.7 Å². The van der Waals surface area contributed by atoms with Crippen molar-refractivity contribution in [2.45, 2.75) is 18.9 Å². The molecule has 9 heteroatoms. The second-order valence-corrected chi connectivity index (χ2v) is 7.24. The molecule has 160 valence electrons. The number of pyridine rings is 1. The van der Waals surface area contributed by atoms with Crippen LogP contribution in [0.5, 0.6) is 11.5 Å². The van der Waals surface area contributed by atoms with Gasteiger partial charge in [0.15, 0.2) is 11.5 Å². The summed E-state index contributed by atoms with van der Waals surface area (Å²) < 4.78 is 21.8. The maximum absolute atomic E-state index is 6.30. The van der Waals surface area contributed by atoms with Crippen molar-refractivity contribution in [3.8, 4) is 11.5 Å². The average Bonchev–Trinajstić information content (AvgIpc) is 3.21. The van der Waals surface area contributed by atoms with Crippen LogP contribution in [0.3, 0.4) is 0 Å². The summed E-state index contributed by atoms with van der Waals surface area (Å²) in [6.07, 6.45) is 3.82. The molecule has 9 nitrogen and oxygen atoms in total. The Balaban J connectivity index is 1.82. The fourth-order valence-electron chi connectivity index (χ4n) is 3.89. The van der Waals surface area contributed by atoms with Gasteiger partial charge in [0.25, 0.3) is 0 Å². The van der Waals surface area contributed by atoms with Gasteiger partial charge in [-0.25, -0.2) is 4.98 Å². The predicted octanol–water partition coefficient (Wildman–Crippen LogP) is 2.41. The minimum Gasteiger partial charge on any atom is -0.493 e. The molecule has 2 N–H and O–H groups in total. The number of hydrogen-bond acceptors (Lipinski definition) is 9. The molecule has 0 saturated carbocycles. The van der Waals surface area contributed by atoms with Crippen LogP contribution in [0.2, 0.25) is 0 Å². The molecule has 1 fully saturated rings. The van der Waals surface area contributed by atoms with Gasteiger partial charge in [0, 0.05) is 38.4 Å². The van der Waals surface area contributed by atoms with E-state index in [-0.39, 0.29) is 6.04 Å². The molecule has 0 spiro atoms. The number of methoxy groups -OCH3 is 3. The molecule has 0 unspecified atom stereocenters. The van der Waals surface area contributed by atoms with Crippen LogP contribution in [0, 0.1) is 0 Å². The van der Waals surface area contributed by atoms with Gasteiger partial charge in [0.2, 0.25) is 5.95 Å². The predicted molar refractivity (Wildman–Crippen MR) is 115 cm³/mol. The lowest BCUT2D eigenvalue weighted by molar-refractivity contribution is 0.144. The van der Waals surface area contributed by atoms with E-state index < -0.39 is 0 Å². The van der Waals surface area contributed by atoms with Crippen LogP contribution in [0.15, 0.2) is 18.3 Å². The highest BCUT2D eigenvalue weighted by Gasteiger charge is 2.27. The van der Waals surface area contributed by atoms with Crippen molar-refractivity contribution in [3.05, 3.63) is 18.3 Å². The summed E-state index contributed by atoms with van der Waals surface area (Å²) in [5.41, 5.74) is 7.79. The smallest absolute Gasteiger partial charge is 0.228 e. The van der Waals surface area contributed by atoms with Crippen molar-refractivity contribution in [1.82, 2.24) is 15.0 Å². The van der Waals surface area contributed by atoms with E-state index in [0.29, 0.717) is 48.5 Å². The van der Waals surface area contributed by atoms with E-state index >= 15 is 0 Å². The van der Waals surface area contributed by atoms with Gasteiger partial charge in [-0.15, -0.1) is 0 Å². The lowest BCUT2D eigenvalue weighted by Gasteiger charge is -2.24. The molecule has 1 saturated heterocycles. The molecule has 0 amide bonds. The van der Waals surface area contributed by atoms with E-state index in [1.165, 1.54) is 0 Å². The lowest BCUT2D eigenvalue weighted by Crippen LogP contribution is -2.34. The van der Waals surface area contributed by atoms with Gasteiger partial charge in [-0.2, -0.15) is 4.98 Å². The zero-order valence-corrected chi connectivity index (χ0v) is 17.6. The zero-order valence-electron chi connectivity index (χ0n) is 17.6. The van der Waals surface area contributed by atoms with Gasteiger partial charge in [0.1, 0.15) is 12.4 Å². The molecule has 1 aliphatic rings. The number of rotatable bonds is 8. The van der Waals surface area contributed by atoms with Crippen molar-refractivity contribution in [2.75, 3.05) is 58.3 Å². The van der Waals surface area contributed by atoms with Gasteiger partial charge < -0.3 is 29.6 Å². The van der Waals surface area contributed by atoms with Gasteiger partial charge >= 0.3 is 0 Å². The fourth-order valence-corrected chi connectivity index (χ4v) is 3.89. The van der Waals surface area contributed by atoms with Crippen molar-refractivity contribution in [3.63, 3.8) is 0 Å². The minimum atomic E-state index is 0.246. The number of anilines is 2. The molecular formula is C21H27N5O4. The van der Waals surface area contributed by atoms with Crippen LogP contribution < -0.4 is 20.1 Å². The van der Waals surface area contributed by atoms with E-state index in [1.807, 2.05) is 12.1 Å². The molecule has 1 aliphatic heterocycles. The van der Waals surface area contributed by atoms with Gasteiger partial charge in [0.05, 0.1) is 42.8 Å². The molecule has 1 atom stereocenters. The molecule has 1 aromatic carbocycles. The quantitative estimate of drug-likeness (QED) is 0.440. The second kappa shape index (κ2) is 8.85. The Morgan fingerprint density at radius 1 is 1.07 bits per heavy atom. The van der Waals surface area contributed by atoms with Crippen LogP contribution in [0.25, 0.3) is 21.8 Å². The molecule has 0 radical (unpaired) electrons. The van der Waals surface area contributed by atoms with Gasteiger partial charge in [-0.05, 0) is 18.9 Å². The summed E-state index contributed by atoms with van der Waals surface area (Å²) in [5.74, 6) is 2.24. The standard InChI is InChI=1S/C21H27N5O4/c1-27-7-8-30-18-10-16-14(9-17(18)29-3)19-15(11-23-16)20(22)25-21(24-19)26-6-4-5-13(26)12-28-2/h9-11,13H,4-8,12H2,1-3H3,(H2,22,24,25)/t13-/m0/s1. The van der Waals surface area contributed by atoms with Gasteiger partial charge in [-0.3, -0.25) is 4.98 Å². The molecule has 4 rings (SSSR count). The Morgan fingerprint density at radius 2 is 1.93 bits per heavy atom. The number of nitrogens with two attached hydrogens (primary N) is 1. The van der Waals surface area contributed by atoms with Crippen LogP contribution in [0.4, 0.5) is 11.8 Å². The van der Waals surface area contributed by atoms with Crippen molar-refractivity contribution in [1.29, 1.82) is 0 Å². The van der Waals surface area contributed by atoms with Crippen LogP contribution in [0.1, 0.15) is 12.8 Å². The summed E-state index contributed by atoms with van der Waals surface area (Å²) in [6, 6.07) is 3.99. The number of aromatic nitrogens is 3. The Hall–Kier alpha value is -2.91. The molecular weight excluding hydrogens is 386 g/mol. The van der Waals surface area contributed by atoms with Gasteiger partial charge in [-0.1, -0.05) is 0 Å². The van der Waals surface area contributed by atoms with E-state index in [0.717, 1.165) is 35.8 Å². The zero-order chi connectivity index (χ0) is 21.1. The summed E-state index contributed by atoms with van der Waals surface area (Å²) in [4.78, 5) is 16.2. The fraction of sp³-hybridized carbons (Fsp3) is 0.476. The molecule has 0 bridgehead atoms. The van der Waals surface area contributed by atoms with Crippen molar-refractivity contribution < 1.29 is 18.9 Å². The van der Waals surface area contributed by atoms with E-state index in [9.17, 15) is 0 Å². The highest BCUT2D eigenvalue weighted by molar-refractivity contribution is 6.07. The first kappa shape index (κ1) is 20.4. The summed E-state index contributed by atoms with van der Waals surface area (Å²) in [6.45, 7) is 2.41. The Bertz CT molecular complexity index is 1040. The Kier molecular flexibility index (Phi) is 6.01.